The van der Waals surface area contributed by atoms with Crippen molar-refractivity contribution in [1.82, 2.24) is 4.90 Å². The molecule has 2 aliphatic heterocycles. The molecule has 0 aliphatic carbocycles. The molecular formula is C15H19NO5. The van der Waals surface area contributed by atoms with Crippen LogP contribution in [0.1, 0.15) is 13.8 Å². The molecule has 21 heavy (non-hydrogen) atoms. The number of hydrogen-bond donors (Lipinski definition) is 0. The summed E-state index contributed by atoms with van der Waals surface area (Å²) in [5.41, 5.74) is 0. The molecule has 114 valence electrons. The number of benzene rings is 1. The van der Waals surface area contributed by atoms with Gasteiger partial charge in [-0.25, -0.2) is 0 Å². The van der Waals surface area contributed by atoms with Crippen LogP contribution in [0.5, 0.6) is 17.2 Å². The molecule has 0 bridgehead atoms. The van der Waals surface area contributed by atoms with Gasteiger partial charge in [-0.1, -0.05) is 0 Å². The van der Waals surface area contributed by atoms with Crippen molar-refractivity contribution in [2.45, 2.75) is 26.1 Å². The van der Waals surface area contributed by atoms with E-state index in [2.05, 4.69) is 0 Å². The van der Waals surface area contributed by atoms with Crippen molar-refractivity contribution in [3.63, 3.8) is 0 Å². The topological polar surface area (TPSA) is 57.2 Å². The molecule has 1 aromatic carbocycles. The number of rotatable bonds is 3. The highest BCUT2D eigenvalue weighted by Crippen LogP contribution is 2.35. The minimum Gasteiger partial charge on any atom is -0.484 e. The highest BCUT2D eigenvalue weighted by molar-refractivity contribution is 5.78. The van der Waals surface area contributed by atoms with E-state index in [4.69, 9.17) is 18.9 Å². The average molecular weight is 293 g/mol. The van der Waals surface area contributed by atoms with Crippen molar-refractivity contribution in [2.75, 3.05) is 26.5 Å². The molecule has 2 heterocycles. The van der Waals surface area contributed by atoms with E-state index in [1.54, 1.807) is 23.1 Å². The first-order valence-electron chi connectivity index (χ1n) is 7.07. The van der Waals surface area contributed by atoms with E-state index in [0.29, 0.717) is 30.3 Å². The number of morpholine rings is 1. The summed E-state index contributed by atoms with van der Waals surface area (Å²) in [5, 5.41) is 0. The monoisotopic (exact) mass is 293 g/mol. The average Bonchev–Trinajstić information content (AvgIpc) is 2.91. The summed E-state index contributed by atoms with van der Waals surface area (Å²) in [6, 6.07) is 5.28. The lowest BCUT2D eigenvalue weighted by Crippen LogP contribution is -2.49. The molecule has 1 amide bonds. The van der Waals surface area contributed by atoms with Crippen LogP contribution in [0, 0.1) is 0 Å². The summed E-state index contributed by atoms with van der Waals surface area (Å²) in [6.07, 6.45) is 0.117. The Kier molecular flexibility index (Phi) is 3.88. The zero-order valence-corrected chi connectivity index (χ0v) is 12.2. The maximum absolute atomic E-state index is 12.2. The van der Waals surface area contributed by atoms with Crippen molar-refractivity contribution in [3.8, 4) is 17.2 Å². The Hall–Kier alpha value is -1.95. The molecule has 0 spiro atoms. The molecule has 0 aromatic heterocycles. The van der Waals surface area contributed by atoms with Crippen LogP contribution in [0.15, 0.2) is 18.2 Å². The standard InChI is InChI=1S/C15H19NO5/c1-10-6-16(7-11(2)21-10)15(17)8-18-12-3-4-13-14(5-12)20-9-19-13/h3-5,10-11H,6-9H2,1-2H3. The zero-order chi connectivity index (χ0) is 14.8. The van der Waals surface area contributed by atoms with E-state index in [1.165, 1.54) is 0 Å². The van der Waals surface area contributed by atoms with Gasteiger partial charge in [-0.05, 0) is 26.0 Å². The number of amides is 1. The second kappa shape index (κ2) is 5.81. The Morgan fingerprint density at radius 2 is 1.95 bits per heavy atom. The second-order valence-corrected chi connectivity index (χ2v) is 5.36. The minimum atomic E-state index is -0.0327. The fourth-order valence-corrected chi connectivity index (χ4v) is 2.58. The van der Waals surface area contributed by atoms with E-state index < -0.39 is 0 Å². The van der Waals surface area contributed by atoms with Gasteiger partial charge in [-0.15, -0.1) is 0 Å². The van der Waals surface area contributed by atoms with Crippen LogP contribution in [-0.2, 0) is 9.53 Å². The molecule has 0 saturated carbocycles. The van der Waals surface area contributed by atoms with Crippen LogP contribution in [-0.4, -0.2) is 49.5 Å². The molecule has 6 heteroatoms. The van der Waals surface area contributed by atoms with E-state index in [-0.39, 0.29) is 31.5 Å². The van der Waals surface area contributed by atoms with Crippen LogP contribution in [0.4, 0.5) is 0 Å². The number of fused-ring (bicyclic) bond motifs is 1. The summed E-state index contributed by atoms with van der Waals surface area (Å²) >= 11 is 0. The fraction of sp³-hybridized carbons (Fsp3) is 0.533. The highest BCUT2D eigenvalue weighted by Gasteiger charge is 2.26. The van der Waals surface area contributed by atoms with Crippen LogP contribution in [0.2, 0.25) is 0 Å². The van der Waals surface area contributed by atoms with Gasteiger partial charge in [0.25, 0.3) is 5.91 Å². The van der Waals surface area contributed by atoms with Crippen molar-refractivity contribution in [1.29, 1.82) is 0 Å². The lowest BCUT2D eigenvalue weighted by atomic mass is 10.2. The molecule has 1 aromatic rings. The maximum Gasteiger partial charge on any atom is 0.260 e. The van der Waals surface area contributed by atoms with Gasteiger partial charge in [-0.2, -0.15) is 0 Å². The Morgan fingerprint density at radius 1 is 1.24 bits per heavy atom. The number of hydrogen-bond acceptors (Lipinski definition) is 5. The first-order valence-corrected chi connectivity index (χ1v) is 7.07. The lowest BCUT2D eigenvalue weighted by Gasteiger charge is -2.35. The van der Waals surface area contributed by atoms with Gasteiger partial charge in [0, 0.05) is 19.2 Å². The largest absolute Gasteiger partial charge is 0.484 e. The third-order valence-corrected chi connectivity index (χ3v) is 3.48. The molecule has 2 unspecified atom stereocenters. The normalized spacial score (nSPS) is 24.0. The second-order valence-electron chi connectivity index (χ2n) is 5.36. The Morgan fingerprint density at radius 3 is 2.71 bits per heavy atom. The van der Waals surface area contributed by atoms with Crippen molar-refractivity contribution < 1.29 is 23.7 Å². The summed E-state index contributed by atoms with van der Waals surface area (Å²) in [4.78, 5) is 14.0. The van der Waals surface area contributed by atoms with E-state index in [1.807, 2.05) is 13.8 Å². The third kappa shape index (κ3) is 3.21. The number of ether oxygens (including phenoxy) is 4. The van der Waals surface area contributed by atoms with E-state index >= 15 is 0 Å². The molecule has 3 rings (SSSR count). The van der Waals surface area contributed by atoms with Gasteiger partial charge in [-0.3, -0.25) is 4.79 Å². The van der Waals surface area contributed by atoms with Crippen LogP contribution in [0.25, 0.3) is 0 Å². The quantitative estimate of drug-likeness (QED) is 0.844. The summed E-state index contributed by atoms with van der Waals surface area (Å²) in [7, 11) is 0. The highest BCUT2D eigenvalue weighted by atomic mass is 16.7. The van der Waals surface area contributed by atoms with Crippen LogP contribution in [0.3, 0.4) is 0 Å². The number of carbonyl (C=O) groups is 1. The first kappa shape index (κ1) is 14.0. The van der Waals surface area contributed by atoms with Crippen molar-refractivity contribution in [3.05, 3.63) is 18.2 Å². The molecule has 1 saturated heterocycles. The Balaban J connectivity index is 1.56. The fourth-order valence-electron chi connectivity index (χ4n) is 2.58. The van der Waals surface area contributed by atoms with Crippen LogP contribution >= 0.6 is 0 Å². The van der Waals surface area contributed by atoms with Gasteiger partial charge in [0.1, 0.15) is 5.75 Å². The smallest absolute Gasteiger partial charge is 0.260 e. The molecule has 1 fully saturated rings. The SMILES string of the molecule is CC1CN(C(=O)COc2ccc3c(c2)OCO3)CC(C)O1. The van der Waals surface area contributed by atoms with Gasteiger partial charge in [0.15, 0.2) is 18.1 Å². The molecule has 0 N–H and O–H groups in total. The van der Waals surface area contributed by atoms with Gasteiger partial charge < -0.3 is 23.8 Å². The molecule has 2 aliphatic rings. The summed E-state index contributed by atoms with van der Waals surface area (Å²) in [5.74, 6) is 1.91. The maximum atomic E-state index is 12.2. The Labute approximate surface area is 123 Å². The van der Waals surface area contributed by atoms with Gasteiger partial charge in [0.2, 0.25) is 6.79 Å². The summed E-state index contributed by atoms with van der Waals surface area (Å²) in [6.45, 7) is 5.38. The van der Waals surface area contributed by atoms with Gasteiger partial charge in [0.05, 0.1) is 12.2 Å². The molecular weight excluding hydrogens is 274 g/mol. The predicted octanol–water partition coefficient (Wildman–Crippen LogP) is 1.43. The minimum absolute atomic E-state index is 0.0130. The Bertz CT molecular complexity index is 523. The molecule has 0 radical (unpaired) electrons. The third-order valence-electron chi connectivity index (χ3n) is 3.48. The first-order chi connectivity index (χ1) is 10.1. The lowest BCUT2D eigenvalue weighted by molar-refractivity contribution is -0.145. The summed E-state index contributed by atoms with van der Waals surface area (Å²) < 4.78 is 21.7. The molecule has 2 atom stereocenters. The van der Waals surface area contributed by atoms with Crippen LogP contribution < -0.4 is 14.2 Å². The number of carbonyl (C=O) groups excluding carboxylic acids is 1. The molecule has 6 nitrogen and oxygen atoms in total. The van der Waals surface area contributed by atoms with Crippen molar-refractivity contribution in [2.24, 2.45) is 0 Å². The van der Waals surface area contributed by atoms with Gasteiger partial charge >= 0.3 is 0 Å². The van der Waals surface area contributed by atoms with Crippen molar-refractivity contribution >= 4 is 5.91 Å². The van der Waals surface area contributed by atoms with E-state index in [0.717, 1.165) is 0 Å². The van der Waals surface area contributed by atoms with E-state index in [9.17, 15) is 4.79 Å². The zero-order valence-electron chi connectivity index (χ0n) is 12.2. The predicted molar refractivity (Wildman–Crippen MR) is 74.6 cm³/mol. The number of nitrogens with zero attached hydrogens (tertiary/aromatic N) is 1.